The summed E-state index contributed by atoms with van der Waals surface area (Å²) in [7, 11) is 0. The van der Waals surface area contributed by atoms with E-state index in [2.05, 4.69) is 5.32 Å². The lowest BCUT2D eigenvalue weighted by Gasteiger charge is -2.10. The Morgan fingerprint density at radius 1 is 1.38 bits per heavy atom. The van der Waals surface area contributed by atoms with E-state index in [0.717, 1.165) is 23.9 Å². The molecular formula is C12H13F3N2O3S. The number of nitrogens with one attached hydrogen (secondary N) is 1. The number of carbonyl (C=O) groups is 2. The Kier molecular flexibility index (Phi) is 6.03. The first-order chi connectivity index (χ1) is 9.70. The van der Waals surface area contributed by atoms with Crippen molar-refractivity contribution in [1.82, 2.24) is 0 Å². The number of carboxylic acid groups (broad SMARTS) is 1. The van der Waals surface area contributed by atoms with E-state index in [-0.39, 0.29) is 17.2 Å². The van der Waals surface area contributed by atoms with E-state index < -0.39 is 29.7 Å². The second-order valence-corrected chi connectivity index (χ2v) is 5.12. The van der Waals surface area contributed by atoms with E-state index in [1.54, 1.807) is 0 Å². The van der Waals surface area contributed by atoms with Crippen LogP contribution < -0.4 is 11.1 Å². The van der Waals surface area contributed by atoms with Gasteiger partial charge in [0, 0.05) is 11.4 Å². The van der Waals surface area contributed by atoms with Crippen molar-refractivity contribution >= 4 is 29.3 Å². The predicted octanol–water partition coefficient (Wildman–Crippen LogP) is 1.79. The van der Waals surface area contributed by atoms with Crippen molar-refractivity contribution in [3.63, 3.8) is 0 Å². The Hall–Kier alpha value is -1.74. The maximum atomic E-state index is 12.5. The van der Waals surface area contributed by atoms with Gasteiger partial charge in [0.05, 0.1) is 11.3 Å². The molecule has 0 aliphatic carbocycles. The molecular weight excluding hydrogens is 309 g/mol. The van der Waals surface area contributed by atoms with Gasteiger partial charge in [-0.1, -0.05) is 6.07 Å². The van der Waals surface area contributed by atoms with Crippen LogP contribution in [0.4, 0.5) is 18.9 Å². The Labute approximate surface area is 122 Å². The number of anilines is 1. The molecule has 1 aromatic carbocycles. The number of benzene rings is 1. The summed E-state index contributed by atoms with van der Waals surface area (Å²) < 4.78 is 37.5. The van der Waals surface area contributed by atoms with Gasteiger partial charge in [-0.05, 0) is 18.2 Å². The summed E-state index contributed by atoms with van der Waals surface area (Å²) in [5, 5.41) is 10.9. The average molecular weight is 322 g/mol. The fraction of sp³-hybridized carbons (Fsp3) is 0.333. The van der Waals surface area contributed by atoms with E-state index in [0.29, 0.717) is 0 Å². The number of nitrogens with two attached hydrogens (primary N) is 1. The molecule has 1 atom stereocenters. The van der Waals surface area contributed by atoms with Crippen LogP contribution in [0, 0.1) is 0 Å². The lowest BCUT2D eigenvalue weighted by molar-refractivity contribution is -0.138. The number of amides is 1. The third-order valence-electron chi connectivity index (χ3n) is 2.32. The summed E-state index contributed by atoms with van der Waals surface area (Å²) in [5.74, 6) is -1.78. The fourth-order valence-electron chi connectivity index (χ4n) is 1.32. The topological polar surface area (TPSA) is 92.4 Å². The smallest absolute Gasteiger partial charge is 0.416 e. The van der Waals surface area contributed by atoms with Crippen LogP contribution in [0.2, 0.25) is 0 Å². The zero-order valence-electron chi connectivity index (χ0n) is 10.7. The molecule has 0 aliphatic rings. The van der Waals surface area contributed by atoms with Gasteiger partial charge in [0.2, 0.25) is 5.91 Å². The Morgan fingerprint density at radius 3 is 2.62 bits per heavy atom. The number of aliphatic carboxylic acids is 1. The third-order valence-corrected chi connectivity index (χ3v) is 3.38. The normalized spacial score (nSPS) is 12.8. The van der Waals surface area contributed by atoms with Crippen molar-refractivity contribution in [1.29, 1.82) is 0 Å². The Balaban J connectivity index is 2.50. The molecule has 1 aromatic rings. The maximum absolute atomic E-state index is 12.5. The average Bonchev–Trinajstić information content (AvgIpc) is 2.37. The number of carbonyl (C=O) groups excluding carboxylic acids is 1. The van der Waals surface area contributed by atoms with Crippen molar-refractivity contribution in [2.75, 3.05) is 16.8 Å². The maximum Gasteiger partial charge on any atom is 0.416 e. The molecule has 1 unspecified atom stereocenters. The number of alkyl halides is 3. The summed E-state index contributed by atoms with van der Waals surface area (Å²) in [5.41, 5.74) is 4.41. The van der Waals surface area contributed by atoms with Crippen LogP contribution in [0.15, 0.2) is 24.3 Å². The molecule has 0 heterocycles. The highest BCUT2D eigenvalue weighted by atomic mass is 32.2. The van der Waals surface area contributed by atoms with E-state index in [1.807, 2.05) is 0 Å². The number of hydrogen-bond donors (Lipinski definition) is 3. The van der Waals surface area contributed by atoms with E-state index in [9.17, 15) is 22.8 Å². The van der Waals surface area contributed by atoms with Crippen LogP contribution in [0.3, 0.4) is 0 Å². The van der Waals surface area contributed by atoms with Crippen molar-refractivity contribution in [3.8, 4) is 0 Å². The third kappa shape index (κ3) is 6.05. The van der Waals surface area contributed by atoms with Crippen LogP contribution in [0.25, 0.3) is 0 Å². The minimum Gasteiger partial charge on any atom is -0.480 e. The molecule has 0 aliphatic heterocycles. The van der Waals surface area contributed by atoms with Gasteiger partial charge in [0.15, 0.2) is 0 Å². The van der Waals surface area contributed by atoms with Crippen LogP contribution >= 0.6 is 11.8 Å². The number of rotatable bonds is 6. The van der Waals surface area contributed by atoms with Gasteiger partial charge in [-0.3, -0.25) is 9.59 Å². The minimum absolute atomic E-state index is 0.0259. The minimum atomic E-state index is -4.48. The van der Waals surface area contributed by atoms with Gasteiger partial charge in [-0.2, -0.15) is 13.2 Å². The van der Waals surface area contributed by atoms with Gasteiger partial charge in [0.25, 0.3) is 0 Å². The van der Waals surface area contributed by atoms with Crippen LogP contribution in [-0.4, -0.2) is 34.5 Å². The number of hydrogen-bond acceptors (Lipinski definition) is 4. The van der Waals surface area contributed by atoms with Crippen molar-refractivity contribution in [2.45, 2.75) is 12.2 Å². The first-order valence-electron chi connectivity index (χ1n) is 5.73. The molecule has 5 nitrogen and oxygen atoms in total. The molecule has 9 heteroatoms. The van der Waals surface area contributed by atoms with Crippen molar-refractivity contribution in [2.24, 2.45) is 5.73 Å². The molecule has 1 amide bonds. The summed E-state index contributed by atoms with van der Waals surface area (Å²) >= 11 is 0.987. The SMILES string of the molecule is NC(CSCC(=O)Nc1cccc(C(F)(F)F)c1)C(=O)O. The van der Waals surface area contributed by atoms with Crippen LogP contribution in [0.1, 0.15) is 5.56 Å². The van der Waals surface area contributed by atoms with Crippen LogP contribution in [0.5, 0.6) is 0 Å². The second kappa shape index (κ2) is 7.32. The Morgan fingerprint density at radius 2 is 2.05 bits per heavy atom. The molecule has 1 rings (SSSR count). The fourth-order valence-corrected chi connectivity index (χ4v) is 2.09. The summed E-state index contributed by atoms with van der Waals surface area (Å²) in [6.07, 6.45) is -4.48. The molecule has 0 spiro atoms. The highest BCUT2D eigenvalue weighted by Gasteiger charge is 2.30. The zero-order valence-corrected chi connectivity index (χ0v) is 11.5. The number of halogens is 3. The van der Waals surface area contributed by atoms with E-state index >= 15 is 0 Å². The van der Waals surface area contributed by atoms with Gasteiger partial charge >= 0.3 is 12.1 Å². The molecule has 0 aromatic heterocycles. The first-order valence-corrected chi connectivity index (χ1v) is 6.89. The van der Waals surface area contributed by atoms with Gasteiger partial charge in [0.1, 0.15) is 6.04 Å². The molecule has 4 N–H and O–H groups in total. The van der Waals surface area contributed by atoms with Gasteiger partial charge in [-0.25, -0.2) is 0 Å². The molecule has 21 heavy (non-hydrogen) atoms. The first kappa shape index (κ1) is 17.3. The summed E-state index contributed by atoms with van der Waals surface area (Å²) in [4.78, 5) is 22.0. The van der Waals surface area contributed by atoms with E-state index in [4.69, 9.17) is 10.8 Å². The van der Waals surface area contributed by atoms with Gasteiger partial charge in [-0.15, -0.1) is 11.8 Å². The molecule has 0 saturated carbocycles. The highest BCUT2D eigenvalue weighted by Crippen LogP contribution is 2.30. The molecule has 0 radical (unpaired) electrons. The lowest BCUT2D eigenvalue weighted by atomic mass is 10.2. The Bertz CT molecular complexity index is 523. The van der Waals surface area contributed by atoms with Gasteiger partial charge < -0.3 is 16.2 Å². The predicted molar refractivity (Wildman–Crippen MR) is 73.0 cm³/mol. The van der Waals surface area contributed by atoms with Crippen LogP contribution in [-0.2, 0) is 15.8 Å². The quantitative estimate of drug-likeness (QED) is 0.742. The molecule has 0 bridgehead atoms. The molecule has 116 valence electrons. The lowest BCUT2D eigenvalue weighted by Crippen LogP contribution is -2.33. The number of carboxylic acids is 1. The number of thioether (sulfide) groups is 1. The van der Waals surface area contributed by atoms with Crippen molar-refractivity contribution in [3.05, 3.63) is 29.8 Å². The standard InChI is InChI=1S/C12H13F3N2O3S/c13-12(14,15)7-2-1-3-8(4-7)17-10(18)6-21-5-9(16)11(19)20/h1-4,9H,5-6,16H2,(H,17,18)(H,19,20). The largest absolute Gasteiger partial charge is 0.480 e. The zero-order chi connectivity index (χ0) is 16.0. The summed E-state index contributed by atoms with van der Waals surface area (Å²) in [6, 6.07) is 3.16. The second-order valence-electron chi connectivity index (χ2n) is 4.09. The van der Waals surface area contributed by atoms with Crippen molar-refractivity contribution < 1.29 is 27.9 Å². The highest BCUT2D eigenvalue weighted by molar-refractivity contribution is 8.00. The molecule has 0 saturated heterocycles. The van der Waals surface area contributed by atoms with E-state index in [1.165, 1.54) is 12.1 Å². The monoisotopic (exact) mass is 322 g/mol. The summed E-state index contributed by atoms with van der Waals surface area (Å²) in [6.45, 7) is 0. The molecule has 0 fully saturated rings.